The number of ketones is 1. The van der Waals surface area contributed by atoms with Gasteiger partial charge < -0.3 is 19.7 Å². The molecule has 7 atom stereocenters. The molecule has 3 aliphatic carbocycles. The molecule has 0 aromatic rings. The minimum absolute atomic E-state index is 0.108. The van der Waals surface area contributed by atoms with E-state index in [9.17, 15) is 24.6 Å². The maximum absolute atomic E-state index is 13.3. The number of hydrogen-bond donors (Lipinski definition) is 2. The number of Topliss-reactive ketones (excluding diaryl/α,β-unsaturated/α-hetero) is 1. The minimum Gasteiger partial charge on any atom is -0.465 e. The number of carbonyl (C=O) groups excluding carboxylic acids is 3. The molecule has 0 amide bonds. The number of hydrogen-bond acceptors (Lipinski definition) is 7. The average Bonchev–Trinajstić information content (AvgIpc) is 2.83. The van der Waals surface area contributed by atoms with Crippen LogP contribution in [0.25, 0.3) is 0 Å². The van der Waals surface area contributed by atoms with Crippen molar-refractivity contribution in [2.24, 2.45) is 34.0 Å². The van der Waals surface area contributed by atoms with Crippen molar-refractivity contribution < 1.29 is 34.1 Å². The summed E-state index contributed by atoms with van der Waals surface area (Å²) in [5.74, 6) is -2.93. The number of fused-ring (bicyclic) bond motifs is 3. The van der Waals surface area contributed by atoms with Crippen LogP contribution in [0.3, 0.4) is 0 Å². The van der Waals surface area contributed by atoms with Crippen LogP contribution in [0.1, 0.15) is 46.5 Å². The molecule has 4 rings (SSSR count). The van der Waals surface area contributed by atoms with E-state index in [0.717, 1.165) is 0 Å². The molecule has 7 heteroatoms. The van der Waals surface area contributed by atoms with Gasteiger partial charge in [0.1, 0.15) is 18.1 Å². The monoisotopic (exact) mass is 406 g/mol. The third-order valence-corrected chi connectivity index (χ3v) is 8.34. The largest absolute Gasteiger partial charge is 0.465 e. The Kier molecular flexibility index (Phi) is 4.52. The molecule has 0 aromatic heterocycles. The quantitative estimate of drug-likeness (QED) is 0.414. The predicted octanol–water partition coefficient (Wildman–Crippen LogP) is 1.40. The van der Waals surface area contributed by atoms with Crippen LogP contribution >= 0.6 is 0 Å². The summed E-state index contributed by atoms with van der Waals surface area (Å²) in [5.41, 5.74) is -2.55. The first-order valence-corrected chi connectivity index (χ1v) is 10.4. The van der Waals surface area contributed by atoms with Gasteiger partial charge in [-0.15, -0.1) is 0 Å². The lowest BCUT2D eigenvalue weighted by atomic mass is 9.43. The van der Waals surface area contributed by atoms with Crippen molar-refractivity contribution in [3.8, 4) is 0 Å². The van der Waals surface area contributed by atoms with Gasteiger partial charge in [0.25, 0.3) is 0 Å². The zero-order valence-corrected chi connectivity index (χ0v) is 17.3. The van der Waals surface area contributed by atoms with Crippen LogP contribution in [-0.2, 0) is 23.9 Å². The van der Waals surface area contributed by atoms with Gasteiger partial charge in [-0.1, -0.05) is 20.4 Å². The molecule has 29 heavy (non-hydrogen) atoms. The molecule has 4 aliphatic rings. The van der Waals surface area contributed by atoms with Gasteiger partial charge in [0, 0.05) is 19.4 Å². The zero-order valence-electron chi connectivity index (χ0n) is 17.3. The number of rotatable bonds is 3. The van der Waals surface area contributed by atoms with Gasteiger partial charge in [0.2, 0.25) is 0 Å². The van der Waals surface area contributed by atoms with Crippen molar-refractivity contribution in [3.05, 3.63) is 12.2 Å². The molecule has 0 radical (unpaired) electrons. The molecule has 160 valence electrons. The standard InChI is InChI=1S/C22H30O7/c1-11-13-7-14(25)17-21(8-13,18(11)26)19(27)29-16-5-6-20(3,4)15(9-23)22(16,17)10-28-12(2)24/h13-17,23,25H,1,5-10H2,2-4H3/t13-,14-,15+,16-,17?,21-,22-/m0/s1. The Balaban J connectivity index is 1.95. The molecule has 1 aliphatic heterocycles. The summed E-state index contributed by atoms with van der Waals surface area (Å²) in [6.07, 6.45) is 0.232. The van der Waals surface area contributed by atoms with Crippen LogP contribution in [0.5, 0.6) is 0 Å². The van der Waals surface area contributed by atoms with Crippen molar-refractivity contribution in [1.82, 2.24) is 0 Å². The molecule has 4 fully saturated rings. The summed E-state index contributed by atoms with van der Waals surface area (Å²) in [4.78, 5) is 38.3. The van der Waals surface area contributed by atoms with Gasteiger partial charge in [0.05, 0.1) is 11.5 Å². The summed E-state index contributed by atoms with van der Waals surface area (Å²) in [6.45, 7) is 8.92. The Labute approximate surface area is 170 Å². The van der Waals surface area contributed by atoms with Gasteiger partial charge in [-0.2, -0.15) is 0 Å². The predicted molar refractivity (Wildman–Crippen MR) is 101 cm³/mol. The van der Waals surface area contributed by atoms with Gasteiger partial charge >= 0.3 is 11.9 Å². The second kappa shape index (κ2) is 6.38. The van der Waals surface area contributed by atoms with Crippen LogP contribution in [0.2, 0.25) is 0 Å². The fraction of sp³-hybridized carbons (Fsp3) is 0.773. The number of ether oxygens (including phenoxy) is 2. The van der Waals surface area contributed by atoms with Crippen molar-refractivity contribution in [2.45, 2.75) is 58.7 Å². The Morgan fingerprint density at radius 3 is 2.66 bits per heavy atom. The summed E-state index contributed by atoms with van der Waals surface area (Å²) < 4.78 is 11.4. The highest BCUT2D eigenvalue weighted by molar-refractivity contribution is 6.15. The highest BCUT2D eigenvalue weighted by Gasteiger charge is 2.77. The van der Waals surface area contributed by atoms with Crippen molar-refractivity contribution in [1.29, 1.82) is 0 Å². The number of aliphatic hydroxyl groups is 2. The van der Waals surface area contributed by atoms with Gasteiger partial charge in [0.15, 0.2) is 5.78 Å². The number of carbonyl (C=O) groups is 3. The van der Waals surface area contributed by atoms with E-state index < -0.39 is 46.8 Å². The first-order valence-electron chi connectivity index (χ1n) is 10.4. The molecule has 3 saturated carbocycles. The van der Waals surface area contributed by atoms with Gasteiger partial charge in [-0.05, 0) is 48.5 Å². The van der Waals surface area contributed by atoms with E-state index in [1.807, 2.05) is 13.8 Å². The highest BCUT2D eigenvalue weighted by Crippen LogP contribution is 2.68. The summed E-state index contributed by atoms with van der Waals surface area (Å²) in [6, 6.07) is 0. The Morgan fingerprint density at radius 1 is 1.34 bits per heavy atom. The Morgan fingerprint density at radius 2 is 2.03 bits per heavy atom. The molecule has 2 N–H and O–H groups in total. The number of allylic oxidation sites excluding steroid dienone is 1. The normalized spacial score (nSPS) is 45.3. The molecule has 1 saturated heterocycles. The number of esters is 2. The molecule has 2 bridgehead atoms. The highest BCUT2D eigenvalue weighted by atomic mass is 16.6. The van der Waals surface area contributed by atoms with Crippen LogP contribution in [0, 0.1) is 34.0 Å². The fourth-order valence-electron chi connectivity index (χ4n) is 7.09. The fourth-order valence-corrected chi connectivity index (χ4v) is 7.09. The Bertz CT molecular complexity index is 786. The third-order valence-electron chi connectivity index (χ3n) is 8.34. The average molecular weight is 406 g/mol. The van der Waals surface area contributed by atoms with Crippen molar-refractivity contribution >= 4 is 17.7 Å². The molecule has 0 aromatic carbocycles. The van der Waals surface area contributed by atoms with Crippen LogP contribution in [0.15, 0.2) is 12.2 Å². The molecule has 1 heterocycles. The van der Waals surface area contributed by atoms with Crippen LogP contribution in [-0.4, -0.2) is 53.4 Å². The lowest BCUT2D eigenvalue weighted by Crippen LogP contribution is -2.72. The third kappa shape index (κ3) is 2.46. The molecular formula is C22H30O7. The van der Waals surface area contributed by atoms with Gasteiger partial charge in [-0.25, -0.2) is 0 Å². The second-order valence-corrected chi connectivity index (χ2v) is 10.1. The van der Waals surface area contributed by atoms with E-state index in [1.165, 1.54) is 6.92 Å². The topological polar surface area (TPSA) is 110 Å². The van der Waals surface area contributed by atoms with E-state index in [2.05, 4.69) is 6.58 Å². The molecule has 7 nitrogen and oxygen atoms in total. The van der Waals surface area contributed by atoms with Crippen LogP contribution < -0.4 is 0 Å². The zero-order chi connectivity index (χ0) is 21.4. The maximum atomic E-state index is 13.3. The smallest absolute Gasteiger partial charge is 0.320 e. The van der Waals surface area contributed by atoms with Crippen molar-refractivity contribution in [2.75, 3.05) is 13.2 Å². The molecule has 1 unspecified atom stereocenters. The SMILES string of the molecule is C=C1C(=O)[C@]23C[C@@H]1C[C@H](O)C2[C@]1(COC(C)=O)[C@H](CCC(C)(C)[C@H]1CO)OC3=O. The minimum atomic E-state index is -1.52. The summed E-state index contributed by atoms with van der Waals surface area (Å²) >= 11 is 0. The van der Waals surface area contributed by atoms with Gasteiger partial charge in [-0.3, -0.25) is 14.4 Å². The number of aliphatic hydroxyl groups excluding tert-OH is 2. The first kappa shape index (κ1) is 20.5. The van der Waals surface area contributed by atoms with Crippen LogP contribution in [0.4, 0.5) is 0 Å². The maximum Gasteiger partial charge on any atom is 0.320 e. The van der Waals surface area contributed by atoms with E-state index >= 15 is 0 Å². The summed E-state index contributed by atoms with van der Waals surface area (Å²) in [7, 11) is 0. The van der Waals surface area contributed by atoms with E-state index in [4.69, 9.17) is 9.47 Å². The Hall–Kier alpha value is -1.73. The lowest BCUT2D eigenvalue weighted by molar-refractivity contribution is -0.270. The molecular weight excluding hydrogens is 376 g/mol. The lowest BCUT2D eigenvalue weighted by Gasteiger charge is -2.64. The van der Waals surface area contributed by atoms with E-state index in [1.54, 1.807) is 0 Å². The summed E-state index contributed by atoms with van der Waals surface area (Å²) in [5, 5.41) is 21.7. The van der Waals surface area contributed by atoms with E-state index in [0.29, 0.717) is 24.8 Å². The second-order valence-electron chi connectivity index (χ2n) is 10.1. The molecule has 1 spiro atoms. The van der Waals surface area contributed by atoms with Crippen molar-refractivity contribution in [3.63, 3.8) is 0 Å². The van der Waals surface area contributed by atoms with E-state index in [-0.39, 0.29) is 36.8 Å². The first-order chi connectivity index (χ1) is 13.5.